The number of nitrogens with zero attached hydrogens (tertiary/aromatic N) is 2. The standard InChI is InChI=1S/C17H17N3O3S/c1-9-8-24-17-14(9)16(19-11(3)20-17)23-13-6-4-12(5-7-13)22-10(2)15(18)21/h4-8,10H,1-3H3,(H2,18,21). The first-order chi connectivity index (χ1) is 11.4. The lowest BCUT2D eigenvalue weighted by Crippen LogP contribution is -2.30. The van der Waals surface area contributed by atoms with E-state index >= 15 is 0 Å². The predicted molar refractivity (Wildman–Crippen MR) is 92.7 cm³/mol. The number of thiophene rings is 1. The number of nitrogens with two attached hydrogens (primary N) is 1. The van der Waals surface area contributed by atoms with Gasteiger partial charge in [0.25, 0.3) is 5.91 Å². The Morgan fingerprint density at radius 3 is 2.50 bits per heavy atom. The summed E-state index contributed by atoms with van der Waals surface area (Å²) in [4.78, 5) is 20.8. The Morgan fingerprint density at radius 1 is 1.17 bits per heavy atom. The minimum atomic E-state index is -0.686. The molecule has 0 fully saturated rings. The van der Waals surface area contributed by atoms with Gasteiger partial charge in [0.1, 0.15) is 22.2 Å². The van der Waals surface area contributed by atoms with Crippen LogP contribution in [0.25, 0.3) is 10.2 Å². The zero-order valence-corrected chi connectivity index (χ0v) is 14.4. The summed E-state index contributed by atoms with van der Waals surface area (Å²) in [6.45, 7) is 5.45. The quantitative estimate of drug-likeness (QED) is 0.767. The zero-order valence-electron chi connectivity index (χ0n) is 13.6. The third kappa shape index (κ3) is 3.30. The lowest BCUT2D eigenvalue weighted by atomic mass is 10.2. The number of benzene rings is 1. The average Bonchev–Trinajstić information content (AvgIpc) is 2.90. The van der Waals surface area contributed by atoms with E-state index < -0.39 is 12.0 Å². The maximum absolute atomic E-state index is 11.0. The molecule has 124 valence electrons. The number of ether oxygens (including phenoxy) is 2. The van der Waals surface area contributed by atoms with Gasteiger partial charge in [0.15, 0.2) is 6.10 Å². The minimum absolute atomic E-state index is 0.512. The number of fused-ring (bicyclic) bond motifs is 1. The second-order valence-corrected chi connectivity index (χ2v) is 6.27. The van der Waals surface area contributed by atoms with Crippen molar-refractivity contribution in [1.29, 1.82) is 0 Å². The van der Waals surface area contributed by atoms with Crippen LogP contribution >= 0.6 is 11.3 Å². The molecule has 3 rings (SSSR count). The van der Waals surface area contributed by atoms with Crippen LogP contribution in [0, 0.1) is 13.8 Å². The Morgan fingerprint density at radius 2 is 1.83 bits per heavy atom. The van der Waals surface area contributed by atoms with Gasteiger partial charge in [0, 0.05) is 0 Å². The highest BCUT2D eigenvalue weighted by Gasteiger charge is 2.13. The van der Waals surface area contributed by atoms with Gasteiger partial charge in [-0.1, -0.05) is 0 Å². The molecule has 0 aliphatic carbocycles. The molecule has 0 radical (unpaired) electrons. The van der Waals surface area contributed by atoms with Crippen molar-refractivity contribution in [3.05, 3.63) is 41.0 Å². The number of amides is 1. The molecule has 2 heterocycles. The first-order valence-electron chi connectivity index (χ1n) is 7.40. The molecule has 0 bridgehead atoms. The Kier molecular flexibility index (Phi) is 4.35. The van der Waals surface area contributed by atoms with Crippen molar-refractivity contribution < 1.29 is 14.3 Å². The molecule has 0 aliphatic heterocycles. The van der Waals surface area contributed by atoms with Gasteiger partial charge in [0.2, 0.25) is 5.88 Å². The minimum Gasteiger partial charge on any atom is -0.481 e. The average molecular weight is 343 g/mol. The van der Waals surface area contributed by atoms with E-state index in [1.54, 1.807) is 42.5 Å². The predicted octanol–water partition coefficient (Wildman–Crippen LogP) is 3.35. The highest BCUT2D eigenvalue weighted by Crippen LogP contribution is 2.33. The lowest BCUT2D eigenvalue weighted by molar-refractivity contribution is -0.123. The number of rotatable bonds is 5. The van der Waals surface area contributed by atoms with E-state index in [0.29, 0.717) is 23.2 Å². The van der Waals surface area contributed by atoms with Crippen molar-refractivity contribution in [3.8, 4) is 17.4 Å². The molecule has 1 aromatic carbocycles. The number of hydrogen-bond acceptors (Lipinski definition) is 6. The molecule has 0 saturated heterocycles. The molecule has 2 aromatic heterocycles. The second-order valence-electron chi connectivity index (χ2n) is 5.41. The number of primary amides is 1. The van der Waals surface area contributed by atoms with E-state index in [1.807, 2.05) is 19.2 Å². The zero-order chi connectivity index (χ0) is 17.3. The van der Waals surface area contributed by atoms with Gasteiger partial charge in [-0.05, 0) is 56.0 Å². The fourth-order valence-corrected chi connectivity index (χ4v) is 3.14. The van der Waals surface area contributed by atoms with Crippen LogP contribution < -0.4 is 15.2 Å². The molecule has 0 spiro atoms. The van der Waals surface area contributed by atoms with E-state index in [4.69, 9.17) is 15.2 Å². The highest BCUT2D eigenvalue weighted by molar-refractivity contribution is 7.17. The number of aromatic nitrogens is 2. The summed E-state index contributed by atoms with van der Waals surface area (Å²) in [6, 6.07) is 6.96. The van der Waals surface area contributed by atoms with Gasteiger partial charge in [-0.3, -0.25) is 4.79 Å². The fourth-order valence-electron chi connectivity index (χ4n) is 2.18. The van der Waals surface area contributed by atoms with Gasteiger partial charge in [-0.15, -0.1) is 11.3 Å². The number of carbonyl (C=O) groups excluding carboxylic acids is 1. The third-order valence-electron chi connectivity index (χ3n) is 3.45. The molecule has 2 N–H and O–H groups in total. The molecule has 6 nitrogen and oxygen atoms in total. The van der Waals surface area contributed by atoms with Crippen LogP contribution in [0.4, 0.5) is 0 Å². The summed E-state index contributed by atoms with van der Waals surface area (Å²) < 4.78 is 11.4. The van der Waals surface area contributed by atoms with Crippen molar-refractivity contribution in [1.82, 2.24) is 9.97 Å². The summed E-state index contributed by atoms with van der Waals surface area (Å²) in [5.41, 5.74) is 6.27. The first kappa shape index (κ1) is 16.2. The van der Waals surface area contributed by atoms with Crippen molar-refractivity contribution in [2.75, 3.05) is 0 Å². The largest absolute Gasteiger partial charge is 0.481 e. The molecule has 1 atom stereocenters. The SMILES string of the molecule is Cc1nc(Oc2ccc(OC(C)C(N)=O)cc2)c2c(C)csc2n1. The van der Waals surface area contributed by atoms with Gasteiger partial charge in [0.05, 0.1) is 5.39 Å². The van der Waals surface area contributed by atoms with Crippen molar-refractivity contribution >= 4 is 27.5 Å². The van der Waals surface area contributed by atoms with Gasteiger partial charge in [-0.2, -0.15) is 4.98 Å². The molecular weight excluding hydrogens is 326 g/mol. The summed E-state index contributed by atoms with van der Waals surface area (Å²) in [6.07, 6.45) is -0.686. The van der Waals surface area contributed by atoms with Crippen LogP contribution in [0.3, 0.4) is 0 Å². The van der Waals surface area contributed by atoms with Crippen LogP contribution in [-0.4, -0.2) is 22.0 Å². The second kappa shape index (κ2) is 6.45. The number of aryl methyl sites for hydroxylation is 2. The van der Waals surface area contributed by atoms with Gasteiger partial charge in [-0.25, -0.2) is 4.98 Å². The van der Waals surface area contributed by atoms with Crippen LogP contribution in [0.5, 0.6) is 17.4 Å². The Labute approximate surface area is 143 Å². The van der Waals surface area contributed by atoms with E-state index in [9.17, 15) is 4.79 Å². The van der Waals surface area contributed by atoms with Crippen molar-refractivity contribution in [2.45, 2.75) is 26.9 Å². The molecular formula is C17H17N3O3S. The van der Waals surface area contributed by atoms with E-state index in [1.165, 1.54) is 0 Å². The maximum atomic E-state index is 11.0. The highest BCUT2D eigenvalue weighted by atomic mass is 32.1. The third-order valence-corrected chi connectivity index (χ3v) is 4.44. The van der Waals surface area contributed by atoms with Crippen molar-refractivity contribution in [3.63, 3.8) is 0 Å². The molecule has 0 aliphatic rings. The lowest BCUT2D eigenvalue weighted by Gasteiger charge is -2.12. The topological polar surface area (TPSA) is 87.3 Å². The number of carbonyl (C=O) groups is 1. The van der Waals surface area contributed by atoms with Crippen LogP contribution in [-0.2, 0) is 4.79 Å². The monoisotopic (exact) mass is 343 g/mol. The van der Waals surface area contributed by atoms with Crippen LogP contribution in [0.2, 0.25) is 0 Å². The van der Waals surface area contributed by atoms with Crippen LogP contribution in [0.15, 0.2) is 29.6 Å². The van der Waals surface area contributed by atoms with E-state index in [-0.39, 0.29) is 0 Å². The summed E-state index contributed by atoms with van der Waals surface area (Å²) in [5.74, 6) is 1.86. The molecule has 1 unspecified atom stereocenters. The molecule has 0 saturated carbocycles. The molecule has 24 heavy (non-hydrogen) atoms. The number of hydrogen-bond donors (Lipinski definition) is 1. The van der Waals surface area contributed by atoms with E-state index in [2.05, 4.69) is 9.97 Å². The summed E-state index contributed by atoms with van der Waals surface area (Å²) in [7, 11) is 0. The normalized spacial score (nSPS) is 12.1. The smallest absolute Gasteiger partial charge is 0.258 e. The Balaban J connectivity index is 1.84. The fraction of sp³-hybridized carbons (Fsp3) is 0.235. The van der Waals surface area contributed by atoms with Crippen molar-refractivity contribution in [2.24, 2.45) is 5.73 Å². The van der Waals surface area contributed by atoms with Gasteiger partial charge >= 0.3 is 0 Å². The van der Waals surface area contributed by atoms with E-state index in [0.717, 1.165) is 15.8 Å². The summed E-state index contributed by atoms with van der Waals surface area (Å²) >= 11 is 1.57. The Hall–Kier alpha value is -2.67. The maximum Gasteiger partial charge on any atom is 0.258 e. The molecule has 1 amide bonds. The van der Waals surface area contributed by atoms with Gasteiger partial charge < -0.3 is 15.2 Å². The molecule has 7 heteroatoms. The first-order valence-corrected chi connectivity index (χ1v) is 8.28. The Bertz CT molecular complexity index is 890. The van der Waals surface area contributed by atoms with Crippen LogP contribution in [0.1, 0.15) is 18.3 Å². The summed E-state index contributed by atoms with van der Waals surface area (Å²) in [5, 5.41) is 2.96. The molecule has 3 aromatic rings.